The fourth-order valence-electron chi connectivity index (χ4n) is 3.26. The summed E-state index contributed by atoms with van der Waals surface area (Å²) in [6, 6.07) is 4.99. The van der Waals surface area contributed by atoms with E-state index in [1.54, 1.807) is 18.2 Å². The van der Waals surface area contributed by atoms with Crippen LogP contribution in [0.2, 0.25) is 0 Å². The smallest absolute Gasteiger partial charge is 0.260 e. The first-order chi connectivity index (χ1) is 12.4. The molecular weight excluding hydrogens is 352 g/mol. The Hall–Kier alpha value is -2.54. The quantitative estimate of drug-likeness (QED) is 0.840. The monoisotopic (exact) mass is 374 g/mol. The van der Waals surface area contributed by atoms with Gasteiger partial charge in [-0.05, 0) is 48.9 Å². The molecule has 1 unspecified atom stereocenters. The number of amides is 2. The van der Waals surface area contributed by atoms with Gasteiger partial charge in [-0.1, -0.05) is 6.92 Å². The van der Waals surface area contributed by atoms with Gasteiger partial charge in [-0.2, -0.15) is 0 Å². The SMILES string of the molecule is COc1ccc(OC)c(C(=O)Nc2sc3c(c2C(N)=O)CCC(C)C3)c1. The second kappa shape index (κ2) is 7.37. The number of methoxy groups -OCH3 is 2. The molecule has 7 heteroatoms. The summed E-state index contributed by atoms with van der Waals surface area (Å²) in [5, 5.41) is 3.36. The minimum Gasteiger partial charge on any atom is -0.497 e. The Morgan fingerprint density at radius 3 is 2.69 bits per heavy atom. The molecule has 1 atom stereocenters. The van der Waals surface area contributed by atoms with Gasteiger partial charge in [0.1, 0.15) is 16.5 Å². The summed E-state index contributed by atoms with van der Waals surface area (Å²) in [6.45, 7) is 2.19. The number of nitrogens with two attached hydrogens (primary N) is 1. The Balaban J connectivity index is 1.97. The van der Waals surface area contributed by atoms with Gasteiger partial charge in [0.25, 0.3) is 11.8 Å². The first-order valence-corrected chi connectivity index (χ1v) is 9.24. The van der Waals surface area contributed by atoms with E-state index in [2.05, 4.69) is 12.2 Å². The molecule has 3 rings (SSSR count). The van der Waals surface area contributed by atoms with Crippen LogP contribution in [0.3, 0.4) is 0 Å². The highest BCUT2D eigenvalue weighted by molar-refractivity contribution is 7.17. The second-order valence-electron chi connectivity index (χ2n) is 6.44. The molecule has 0 saturated heterocycles. The minimum absolute atomic E-state index is 0.335. The fraction of sp³-hybridized carbons (Fsp3) is 0.368. The minimum atomic E-state index is -0.509. The van der Waals surface area contributed by atoms with Crippen molar-refractivity contribution in [3.63, 3.8) is 0 Å². The van der Waals surface area contributed by atoms with Crippen LogP contribution < -0.4 is 20.5 Å². The first-order valence-electron chi connectivity index (χ1n) is 8.42. The van der Waals surface area contributed by atoms with E-state index in [0.717, 1.165) is 29.7 Å². The molecule has 1 aliphatic carbocycles. The van der Waals surface area contributed by atoms with E-state index < -0.39 is 5.91 Å². The lowest BCUT2D eigenvalue weighted by atomic mass is 9.88. The van der Waals surface area contributed by atoms with Gasteiger partial charge in [0.15, 0.2) is 0 Å². The van der Waals surface area contributed by atoms with Gasteiger partial charge in [-0.15, -0.1) is 11.3 Å². The third-order valence-electron chi connectivity index (χ3n) is 4.64. The average Bonchev–Trinajstić information content (AvgIpc) is 2.97. The maximum Gasteiger partial charge on any atom is 0.260 e. The number of ether oxygens (including phenoxy) is 2. The predicted molar refractivity (Wildman–Crippen MR) is 102 cm³/mol. The van der Waals surface area contributed by atoms with Crippen molar-refractivity contribution in [2.75, 3.05) is 19.5 Å². The van der Waals surface area contributed by atoms with E-state index in [1.165, 1.54) is 25.6 Å². The zero-order chi connectivity index (χ0) is 18.8. The first kappa shape index (κ1) is 18.3. The van der Waals surface area contributed by atoms with E-state index in [9.17, 15) is 9.59 Å². The maximum absolute atomic E-state index is 12.8. The third-order valence-corrected chi connectivity index (χ3v) is 5.81. The summed E-state index contributed by atoms with van der Waals surface area (Å²) in [5.41, 5.74) is 7.36. The number of carbonyl (C=O) groups is 2. The molecule has 1 aromatic heterocycles. The lowest BCUT2D eigenvalue weighted by Crippen LogP contribution is -2.19. The van der Waals surface area contributed by atoms with Gasteiger partial charge in [-0.25, -0.2) is 0 Å². The van der Waals surface area contributed by atoms with Gasteiger partial charge < -0.3 is 20.5 Å². The van der Waals surface area contributed by atoms with E-state index in [0.29, 0.717) is 33.5 Å². The molecule has 26 heavy (non-hydrogen) atoms. The molecule has 1 aromatic carbocycles. The van der Waals surface area contributed by atoms with Crippen LogP contribution in [0.1, 0.15) is 44.5 Å². The van der Waals surface area contributed by atoms with Crippen LogP contribution in [0.4, 0.5) is 5.00 Å². The lowest BCUT2D eigenvalue weighted by molar-refractivity contribution is 0.1000. The number of anilines is 1. The highest BCUT2D eigenvalue weighted by Crippen LogP contribution is 2.40. The van der Waals surface area contributed by atoms with Crippen molar-refractivity contribution in [3.05, 3.63) is 39.8 Å². The van der Waals surface area contributed by atoms with Gasteiger partial charge in [0.2, 0.25) is 0 Å². The van der Waals surface area contributed by atoms with Crippen LogP contribution in [0.15, 0.2) is 18.2 Å². The number of carbonyl (C=O) groups excluding carboxylic acids is 2. The van der Waals surface area contributed by atoms with Crippen LogP contribution in [0.25, 0.3) is 0 Å². The molecule has 2 aromatic rings. The number of hydrogen-bond acceptors (Lipinski definition) is 5. The summed E-state index contributed by atoms with van der Waals surface area (Å²) >= 11 is 1.44. The fourth-order valence-corrected chi connectivity index (χ4v) is 4.67. The molecule has 0 bridgehead atoms. The largest absolute Gasteiger partial charge is 0.497 e. The van der Waals surface area contributed by atoms with Gasteiger partial charge in [0, 0.05) is 4.88 Å². The molecule has 0 aliphatic heterocycles. The molecule has 6 nitrogen and oxygen atoms in total. The van der Waals surface area contributed by atoms with Crippen LogP contribution in [0, 0.1) is 5.92 Å². The number of benzene rings is 1. The molecular formula is C19H22N2O4S. The van der Waals surface area contributed by atoms with E-state index in [4.69, 9.17) is 15.2 Å². The van der Waals surface area contributed by atoms with Crippen LogP contribution in [-0.4, -0.2) is 26.0 Å². The second-order valence-corrected chi connectivity index (χ2v) is 7.55. The molecule has 0 spiro atoms. The van der Waals surface area contributed by atoms with Crippen LogP contribution in [0.5, 0.6) is 11.5 Å². The van der Waals surface area contributed by atoms with Crippen LogP contribution in [-0.2, 0) is 12.8 Å². The molecule has 2 amide bonds. The zero-order valence-corrected chi connectivity index (χ0v) is 15.9. The van der Waals surface area contributed by atoms with Gasteiger partial charge >= 0.3 is 0 Å². The number of thiophene rings is 1. The van der Waals surface area contributed by atoms with Crippen molar-refractivity contribution in [1.82, 2.24) is 0 Å². The Morgan fingerprint density at radius 1 is 1.27 bits per heavy atom. The van der Waals surface area contributed by atoms with Gasteiger partial charge in [-0.3, -0.25) is 9.59 Å². The molecule has 138 valence electrons. The lowest BCUT2D eigenvalue weighted by Gasteiger charge is -2.18. The van der Waals surface area contributed by atoms with Crippen molar-refractivity contribution in [1.29, 1.82) is 0 Å². The molecule has 0 fully saturated rings. The third kappa shape index (κ3) is 3.39. The van der Waals surface area contributed by atoms with E-state index in [-0.39, 0.29) is 5.91 Å². The topological polar surface area (TPSA) is 90.7 Å². The number of nitrogens with one attached hydrogen (secondary N) is 1. The van der Waals surface area contributed by atoms with Crippen molar-refractivity contribution in [2.45, 2.75) is 26.2 Å². The molecule has 1 heterocycles. The number of primary amides is 1. The molecule has 0 radical (unpaired) electrons. The highest BCUT2D eigenvalue weighted by Gasteiger charge is 2.28. The number of hydrogen-bond donors (Lipinski definition) is 2. The van der Waals surface area contributed by atoms with Crippen molar-refractivity contribution in [2.24, 2.45) is 11.7 Å². The molecule has 1 aliphatic rings. The summed E-state index contributed by atoms with van der Waals surface area (Å²) in [5.74, 6) is 0.660. The molecule has 0 saturated carbocycles. The summed E-state index contributed by atoms with van der Waals surface area (Å²) in [4.78, 5) is 26.0. The summed E-state index contributed by atoms with van der Waals surface area (Å²) in [7, 11) is 3.03. The van der Waals surface area contributed by atoms with E-state index in [1.807, 2.05) is 0 Å². The highest BCUT2D eigenvalue weighted by atomic mass is 32.1. The van der Waals surface area contributed by atoms with E-state index >= 15 is 0 Å². The summed E-state index contributed by atoms with van der Waals surface area (Å²) < 4.78 is 10.5. The normalized spacial score (nSPS) is 15.9. The van der Waals surface area contributed by atoms with Crippen molar-refractivity contribution < 1.29 is 19.1 Å². The Bertz CT molecular complexity index is 859. The Labute approximate surface area is 156 Å². The standard InChI is InChI=1S/C19H22N2O4S/c1-10-4-6-12-15(8-10)26-19(16(12)17(20)22)21-18(23)13-9-11(24-2)5-7-14(13)25-3/h5,7,9-10H,4,6,8H2,1-3H3,(H2,20,22)(H,21,23). The Kier molecular flexibility index (Phi) is 5.18. The number of fused-ring (bicyclic) bond motifs is 1. The zero-order valence-electron chi connectivity index (χ0n) is 15.0. The predicted octanol–water partition coefficient (Wildman–Crippen LogP) is 3.24. The van der Waals surface area contributed by atoms with Gasteiger partial charge in [0.05, 0.1) is 25.3 Å². The van der Waals surface area contributed by atoms with Crippen molar-refractivity contribution >= 4 is 28.2 Å². The molecule has 3 N–H and O–H groups in total. The summed E-state index contributed by atoms with van der Waals surface area (Å²) in [6.07, 6.45) is 2.73. The Morgan fingerprint density at radius 2 is 2.04 bits per heavy atom. The van der Waals surface area contributed by atoms with Crippen LogP contribution >= 0.6 is 11.3 Å². The number of rotatable bonds is 5. The average molecular weight is 374 g/mol. The van der Waals surface area contributed by atoms with Crippen molar-refractivity contribution in [3.8, 4) is 11.5 Å². The maximum atomic E-state index is 12.8.